The first-order valence-corrected chi connectivity index (χ1v) is 11.3. The van der Waals surface area contributed by atoms with E-state index in [2.05, 4.69) is 14.7 Å². The number of hydrogen-bond acceptors (Lipinski definition) is 5. The van der Waals surface area contributed by atoms with Crippen LogP contribution in [0, 0.1) is 0 Å². The van der Waals surface area contributed by atoms with Gasteiger partial charge in [-0.05, 0) is 25.7 Å². The highest BCUT2D eigenvalue weighted by molar-refractivity contribution is 7.88. The van der Waals surface area contributed by atoms with Crippen LogP contribution in [0.2, 0.25) is 0 Å². The zero-order valence-corrected chi connectivity index (χ0v) is 16.9. The summed E-state index contributed by atoms with van der Waals surface area (Å²) in [5.41, 5.74) is -1.08. The molecular formula is C17H27N5O4S. The zero-order valence-electron chi connectivity index (χ0n) is 16.0. The smallest absolute Gasteiger partial charge is 0.332 e. The zero-order chi connectivity index (χ0) is 19.8. The summed E-state index contributed by atoms with van der Waals surface area (Å²) >= 11 is 0. The SMILES string of the molecule is CCCn1c(=O)c2[nH]c(C3(NS(C)(=O)=O)CCCC3)nc2n(CCC)c1=O. The average molecular weight is 398 g/mol. The van der Waals surface area contributed by atoms with Gasteiger partial charge in [0, 0.05) is 13.1 Å². The second kappa shape index (κ2) is 7.23. The first-order chi connectivity index (χ1) is 12.7. The number of nitrogens with zero attached hydrogens (tertiary/aromatic N) is 3. The summed E-state index contributed by atoms with van der Waals surface area (Å²) in [6.07, 6.45) is 5.42. The topological polar surface area (TPSA) is 119 Å². The molecule has 150 valence electrons. The average Bonchev–Trinajstić information content (AvgIpc) is 3.22. The molecule has 0 aromatic carbocycles. The molecule has 3 rings (SSSR count). The van der Waals surface area contributed by atoms with Crippen molar-refractivity contribution in [3.8, 4) is 0 Å². The molecule has 2 aromatic rings. The normalized spacial score (nSPS) is 17.0. The number of rotatable bonds is 7. The Labute approximate surface area is 157 Å². The highest BCUT2D eigenvalue weighted by atomic mass is 32.2. The minimum absolute atomic E-state index is 0.257. The number of fused-ring (bicyclic) bond motifs is 1. The number of imidazole rings is 1. The Hall–Kier alpha value is -1.94. The molecule has 0 unspecified atom stereocenters. The lowest BCUT2D eigenvalue weighted by molar-refractivity contribution is 0.385. The standard InChI is InChI=1S/C17H27N5O4S/c1-4-10-21-13-12(14(23)22(11-5-2)16(21)24)18-15(19-13)17(8-6-7-9-17)20-27(3,25)26/h20H,4-11H2,1-3H3,(H,18,19). The van der Waals surface area contributed by atoms with E-state index >= 15 is 0 Å². The Bertz CT molecular complexity index is 1060. The van der Waals surface area contributed by atoms with E-state index < -0.39 is 21.1 Å². The monoisotopic (exact) mass is 397 g/mol. The molecule has 1 aliphatic rings. The van der Waals surface area contributed by atoms with Crippen molar-refractivity contribution in [2.24, 2.45) is 0 Å². The lowest BCUT2D eigenvalue weighted by Gasteiger charge is -2.26. The Morgan fingerprint density at radius 3 is 2.26 bits per heavy atom. The van der Waals surface area contributed by atoms with Crippen molar-refractivity contribution < 1.29 is 8.42 Å². The van der Waals surface area contributed by atoms with Gasteiger partial charge in [-0.15, -0.1) is 0 Å². The predicted octanol–water partition coefficient (Wildman–Crippen LogP) is 1.02. The van der Waals surface area contributed by atoms with Crippen LogP contribution < -0.4 is 16.0 Å². The van der Waals surface area contributed by atoms with Crippen molar-refractivity contribution in [3.05, 3.63) is 26.7 Å². The molecule has 0 saturated heterocycles. The third-order valence-electron chi connectivity index (χ3n) is 5.05. The van der Waals surface area contributed by atoms with Gasteiger partial charge in [0.15, 0.2) is 5.65 Å². The van der Waals surface area contributed by atoms with Crippen LogP contribution in [-0.4, -0.2) is 33.8 Å². The van der Waals surface area contributed by atoms with Crippen LogP contribution >= 0.6 is 0 Å². The Balaban J connectivity index is 2.28. The van der Waals surface area contributed by atoms with E-state index in [9.17, 15) is 18.0 Å². The van der Waals surface area contributed by atoms with Crippen LogP contribution in [-0.2, 0) is 28.7 Å². The summed E-state index contributed by atoms with van der Waals surface area (Å²) in [4.78, 5) is 33.3. The van der Waals surface area contributed by atoms with Crippen molar-refractivity contribution in [1.29, 1.82) is 0 Å². The molecular weight excluding hydrogens is 370 g/mol. The number of nitrogens with one attached hydrogen (secondary N) is 2. The first-order valence-electron chi connectivity index (χ1n) is 9.45. The van der Waals surface area contributed by atoms with E-state index in [0.29, 0.717) is 50.2 Å². The minimum atomic E-state index is -3.47. The molecule has 0 bridgehead atoms. The molecule has 1 fully saturated rings. The van der Waals surface area contributed by atoms with E-state index in [1.54, 1.807) is 0 Å². The van der Waals surface area contributed by atoms with Crippen molar-refractivity contribution in [3.63, 3.8) is 0 Å². The molecule has 1 aliphatic carbocycles. The van der Waals surface area contributed by atoms with Gasteiger partial charge in [-0.3, -0.25) is 13.9 Å². The van der Waals surface area contributed by atoms with Gasteiger partial charge >= 0.3 is 5.69 Å². The van der Waals surface area contributed by atoms with Crippen molar-refractivity contribution in [2.45, 2.75) is 71.0 Å². The summed E-state index contributed by atoms with van der Waals surface area (Å²) in [7, 11) is -3.47. The van der Waals surface area contributed by atoms with Crippen molar-refractivity contribution in [1.82, 2.24) is 23.8 Å². The fourth-order valence-corrected chi connectivity index (χ4v) is 4.97. The van der Waals surface area contributed by atoms with Crippen LogP contribution in [0.5, 0.6) is 0 Å². The van der Waals surface area contributed by atoms with E-state index in [4.69, 9.17) is 0 Å². The summed E-state index contributed by atoms with van der Waals surface area (Å²) in [5.74, 6) is 0.413. The van der Waals surface area contributed by atoms with Gasteiger partial charge in [-0.1, -0.05) is 26.7 Å². The summed E-state index contributed by atoms with van der Waals surface area (Å²) in [6, 6.07) is 0. The van der Waals surface area contributed by atoms with Gasteiger partial charge in [-0.2, -0.15) is 0 Å². The summed E-state index contributed by atoms with van der Waals surface area (Å²) < 4.78 is 29.3. The lowest BCUT2D eigenvalue weighted by Crippen LogP contribution is -2.44. The molecule has 0 spiro atoms. The number of aryl methyl sites for hydroxylation is 1. The van der Waals surface area contributed by atoms with Gasteiger partial charge < -0.3 is 4.98 Å². The molecule has 2 aromatic heterocycles. The number of aromatic nitrogens is 4. The fraction of sp³-hybridized carbons (Fsp3) is 0.706. The highest BCUT2D eigenvalue weighted by Crippen LogP contribution is 2.38. The summed E-state index contributed by atoms with van der Waals surface area (Å²) in [6.45, 7) is 4.63. The largest absolute Gasteiger partial charge is 0.335 e. The van der Waals surface area contributed by atoms with Gasteiger partial charge in [-0.25, -0.2) is 22.9 Å². The quantitative estimate of drug-likeness (QED) is 0.723. The van der Waals surface area contributed by atoms with Gasteiger partial charge in [0.25, 0.3) is 5.56 Å². The third-order valence-corrected chi connectivity index (χ3v) is 5.81. The van der Waals surface area contributed by atoms with E-state index in [-0.39, 0.29) is 11.2 Å². The highest BCUT2D eigenvalue weighted by Gasteiger charge is 2.41. The maximum absolute atomic E-state index is 12.9. The molecule has 0 aliphatic heterocycles. The molecule has 1 saturated carbocycles. The van der Waals surface area contributed by atoms with Gasteiger partial charge in [0.05, 0.1) is 11.8 Å². The maximum Gasteiger partial charge on any atom is 0.332 e. The third kappa shape index (κ3) is 3.60. The van der Waals surface area contributed by atoms with Gasteiger partial charge in [0.2, 0.25) is 10.0 Å². The molecule has 10 heteroatoms. The molecule has 0 atom stereocenters. The summed E-state index contributed by atoms with van der Waals surface area (Å²) in [5, 5.41) is 0. The molecule has 0 radical (unpaired) electrons. The fourth-order valence-electron chi connectivity index (χ4n) is 3.96. The minimum Gasteiger partial charge on any atom is -0.335 e. The molecule has 9 nitrogen and oxygen atoms in total. The van der Waals surface area contributed by atoms with Crippen LogP contribution in [0.25, 0.3) is 11.2 Å². The maximum atomic E-state index is 12.9. The lowest BCUT2D eigenvalue weighted by atomic mass is 9.98. The van der Waals surface area contributed by atoms with Crippen LogP contribution in [0.15, 0.2) is 9.59 Å². The van der Waals surface area contributed by atoms with Gasteiger partial charge in [0.1, 0.15) is 11.3 Å². The molecule has 0 amide bonds. The Kier molecular flexibility index (Phi) is 5.31. The van der Waals surface area contributed by atoms with Crippen LogP contribution in [0.4, 0.5) is 0 Å². The predicted molar refractivity (Wildman–Crippen MR) is 103 cm³/mol. The molecule has 2 heterocycles. The van der Waals surface area contributed by atoms with Crippen molar-refractivity contribution in [2.75, 3.05) is 6.26 Å². The Morgan fingerprint density at radius 1 is 1.11 bits per heavy atom. The second-order valence-corrected chi connectivity index (χ2v) is 9.09. The number of H-pyrrole nitrogens is 1. The van der Waals surface area contributed by atoms with Crippen molar-refractivity contribution >= 4 is 21.2 Å². The number of hydrogen-bond donors (Lipinski definition) is 2. The van der Waals surface area contributed by atoms with E-state index in [1.165, 1.54) is 9.13 Å². The number of aromatic amines is 1. The first kappa shape index (κ1) is 19.8. The van der Waals surface area contributed by atoms with Crippen LogP contribution in [0.1, 0.15) is 58.2 Å². The molecule has 2 N–H and O–H groups in total. The Morgan fingerprint density at radius 2 is 1.70 bits per heavy atom. The van der Waals surface area contributed by atoms with E-state index in [0.717, 1.165) is 19.1 Å². The number of sulfonamides is 1. The van der Waals surface area contributed by atoms with E-state index in [1.807, 2.05) is 13.8 Å². The molecule has 27 heavy (non-hydrogen) atoms. The second-order valence-electron chi connectivity index (χ2n) is 7.34. The van der Waals surface area contributed by atoms with Crippen LogP contribution in [0.3, 0.4) is 0 Å².